The zero-order chi connectivity index (χ0) is 13.3. The molecule has 0 atom stereocenters. The first-order valence-electron chi connectivity index (χ1n) is 5.48. The van der Waals surface area contributed by atoms with Crippen molar-refractivity contribution in [1.29, 1.82) is 0 Å². The Hall–Kier alpha value is -2.30. The third kappa shape index (κ3) is 2.20. The number of carbonyl (C=O) groups is 1. The zero-order valence-electron chi connectivity index (χ0n) is 10.1. The minimum atomic E-state index is -1.26. The standard InChI is InChI=1S/C13H13NO4/c1-8-4-3-5-10(6-8)7-14-9(2)11(12(15)16)13(17)18-14/h3-6H,7H2,1-2H3,(H,15,16). The Bertz CT molecular complexity index is 651. The first-order chi connectivity index (χ1) is 8.49. The Balaban J connectivity index is 2.39. The molecule has 18 heavy (non-hydrogen) atoms. The molecule has 0 saturated carbocycles. The van der Waals surface area contributed by atoms with Crippen LogP contribution in [0.25, 0.3) is 0 Å². The van der Waals surface area contributed by atoms with E-state index in [1.165, 1.54) is 4.74 Å². The number of benzene rings is 1. The predicted molar refractivity (Wildman–Crippen MR) is 64.9 cm³/mol. The molecule has 0 unspecified atom stereocenters. The highest BCUT2D eigenvalue weighted by Crippen LogP contribution is 2.10. The van der Waals surface area contributed by atoms with Crippen LogP contribution < -0.4 is 5.63 Å². The lowest BCUT2D eigenvalue weighted by Gasteiger charge is -2.04. The fourth-order valence-corrected chi connectivity index (χ4v) is 1.86. The van der Waals surface area contributed by atoms with E-state index in [0.717, 1.165) is 11.1 Å². The fourth-order valence-electron chi connectivity index (χ4n) is 1.86. The van der Waals surface area contributed by atoms with Crippen molar-refractivity contribution in [2.45, 2.75) is 20.4 Å². The molecule has 0 aliphatic heterocycles. The molecule has 5 nitrogen and oxygen atoms in total. The summed E-state index contributed by atoms with van der Waals surface area (Å²) in [5.41, 5.74) is 1.26. The first kappa shape index (κ1) is 12.2. The van der Waals surface area contributed by atoms with E-state index in [9.17, 15) is 9.59 Å². The quantitative estimate of drug-likeness (QED) is 0.897. The van der Waals surface area contributed by atoms with Gasteiger partial charge in [0.15, 0.2) is 5.56 Å². The monoisotopic (exact) mass is 247 g/mol. The summed E-state index contributed by atoms with van der Waals surface area (Å²) in [7, 11) is 0. The molecule has 1 N–H and O–H groups in total. The van der Waals surface area contributed by atoms with Crippen LogP contribution in [0.15, 0.2) is 33.6 Å². The summed E-state index contributed by atoms with van der Waals surface area (Å²) >= 11 is 0. The van der Waals surface area contributed by atoms with Crippen molar-refractivity contribution in [3.05, 3.63) is 57.1 Å². The van der Waals surface area contributed by atoms with E-state index < -0.39 is 11.6 Å². The Morgan fingerprint density at radius 1 is 1.39 bits per heavy atom. The minimum Gasteiger partial charge on any atom is -0.477 e. The Morgan fingerprint density at radius 3 is 2.67 bits per heavy atom. The second kappa shape index (κ2) is 4.52. The van der Waals surface area contributed by atoms with Crippen molar-refractivity contribution in [2.75, 3.05) is 0 Å². The lowest BCUT2D eigenvalue weighted by Crippen LogP contribution is -2.09. The van der Waals surface area contributed by atoms with Gasteiger partial charge in [0, 0.05) is 0 Å². The summed E-state index contributed by atoms with van der Waals surface area (Å²) in [5, 5.41) is 8.90. The number of aryl methyl sites for hydroxylation is 1. The van der Waals surface area contributed by atoms with Crippen LogP contribution in [-0.2, 0) is 6.54 Å². The maximum absolute atomic E-state index is 11.4. The Labute approximate surface area is 103 Å². The highest BCUT2D eigenvalue weighted by molar-refractivity contribution is 5.88. The van der Waals surface area contributed by atoms with E-state index >= 15 is 0 Å². The van der Waals surface area contributed by atoms with Gasteiger partial charge in [-0.05, 0) is 19.4 Å². The molecule has 2 rings (SSSR count). The molecule has 0 aliphatic rings. The van der Waals surface area contributed by atoms with E-state index in [4.69, 9.17) is 9.63 Å². The van der Waals surface area contributed by atoms with Crippen LogP contribution in [0.4, 0.5) is 0 Å². The molecule has 0 fully saturated rings. The highest BCUT2D eigenvalue weighted by atomic mass is 16.5. The molecule has 1 aromatic carbocycles. The fraction of sp³-hybridized carbons (Fsp3) is 0.231. The van der Waals surface area contributed by atoms with Crippen LogP contribution in [0.1, 0.15) is 27.2 Å². The summed E-state index contributed by atoms with van der Waals surface area (Å²) < 4.78 is 6.24. The number of aromatic carboxylic acids is 1. The molecule has 0 bridgehead atoms. The van der Waals surface area contributed by atoms with Gasteiger partial charge in [0.1, 0.15) is 0 Å². The molecule has 0 spiro atoms. The van der Waals surface area contributed by atoms with Gasteiger partial charge in [-0.15, -0.1) is 0 Å². The smallest absolute Gasteiger partial charge is 0.372 e. The lowest BCUT2D eigenvalue weighted by molar-refractivity contribution is 0.0693. The van der Waals surface area contributed by atoms with Gasteiger partial charge < -0.3 is 9.63 Å². The van der Waals surface area contributed by atoms with E-state index in [1.54, 1.807) is 6.92 Å². The second-order valence-corrected chi connectivity index (χ2v) is 4.17. The molecule has 0 amide bonds. The third-order valence-corrected chi connectivity index (χ3v) is 2.76. The van der Waals surface area contributed by atoms with Crippen molar-refractivity contribution in [3.63, 3.8) is 0 Å². The van der Waals surface area contributed by atoms with Gasteiger partial charge in [-0.1, -0.05) is 29.8 Å². The van der Waals surface area contributed by atoms with E-state index in [-0.39, 0.29) is 5.56 Å². The minimum absolute atomic E-state index is 0.303. The summed E-state index contributed by atoms with van der Waals surface area (Å²) in [6.07, 6.45) is 0. The number of aromatic nitrogens is 1. The third-order valence-electron chi connectivity index (χ3n) is 2.76. The van der Waals surface area contributed by atoms with Crippen molar-refractivity contribution >= 4 is 5.97 Å². The molecular formula is C13H13NO4. The Morgan fingerprint density at radius 2 is 2.11 bits per heavy atom. The highest BCUT2D eigenvalue weighted by Gasteiger charge is 2.19. The topological polar surface area (TPSA) is 72.4 Å². The average molecular weight is 247 g/mol. The van der Waals surface area contributed by atoms with Gasteiger partial charge in [-0.25, -0.2) is 14.3 Å². The van der Waals surface area contributed by atoms with Crippen LogP contribution in [0, 0.1) is 13.8 Å². The van der Waals surface area contributed by atoms with Crippen molar-refractivity contribution < 1.29 is 14.4 Å². The molecule has 0 aliphatic carbocycles. The van der Waals surface area contributed by atoms with Gasteiger partial charge in [-0.2, -0.15) is 0 Å². The summed E-state index contributed by atoms with van der Waals surface area (Å²) in [6, 6.07) is 7.72. The molecule has 5 heteroatoms. The second-order valence-electron chi connectivity index (χ2n) is 4.17. The van der Waals surface area contributed by atoms with E-state index in [0.29, 0.717) is 12.2 Å². The molecule has 0 saturated heterocycles. The predicted octanol–water partition coefficient (Wildman–Crippen LogP) is 1.80. The summed E-state index contributed by atoms with van der Waals surface area (Å²) in [5.74, 6) is -1.26. The molecular weight excluding hydrogens is 234 g/mol. The van der Waals surface area contributed by atoms with Gasteiger partial charge in [-0.3, -0.25) is 0 Å². The van der Waals surface area contributed by atoms with Crippen LogP contribution in [0.3, 0.4) is 0 Å². The normalized spacial score (nSPS) is 10.6. The van der Waals surface area contributed by atoms with Crippen LogP contribution >= 0.6 is 0 Å². The number of hydrogen-bond donors (Lipinski definition) is 1. The molecule has 0 radical (unpaired) electrons. The molecule has 1 aromatic heterocycles. The number of rotatable bonds is 3. The number of hydrogen-bond acceptors (Lipinski definition) is 3. The number of carboxylic acid groups (broad SMARTS) is 1. The van der Waals surface area contributed by atoms with Gasteiger partial charge in [0.05, 0.1) is 12.2 Å². The molecule has 1 heterocycles. The van der Waals surface area contributed by atoms with Crippen molar-refractivity contribution in [3.8, 4) is 0 Å². The van der Waals surface area contributed by atoms with Gasteiger partial charge in [0.25, 0.3) is 0 Å². The van der Waals surface area contributed by atoms with Gasteiger partial charge in [0.2, 0.25) is 0 Å². The maximum atomic E-state index is 11.4. The van der Waals surface area contributed by atoms with E-state index in [2.05, 4.69) is 0 Å². The van der Waals surface area contributed by atoms with E-state index in [1.807, 2.05) is 31.2 Å². The zero-order valence-corrected chi connectivity index (χ0v) is 10.1. The maximum Gasteiger partial charge on any atom is 0.372 e. The van der Waals surface area contributed by atoms with Crippen LogP contribution in [-0.4, -0.2) is 15.8 Å². The summed E-state index contributed by atoms with van der Waals surface area (Å²) in [6.45, 7) is 3.87. The van der Waals surface area contributed by atoms with Crippen LogP contribution in [0.2, 0.25) is 0 Å². The SMILES string of the molecule is Cc1cccc(Cn2oc(=O)c(C(=O)O)c2C)c1. The number of nitrogens with zero attached hydrogens (tertiary/aromatic N) is 1. The Kier molecular flexibility index (Phi) is 3.06. The number of carboxylic acids is 1. The first-order valence-corrected chi connectivity index (χ1v) is 5.48. The average Bonchev–Trinajstić information content (AvgIpc) is 2.54. The molecule has 2 aromatic rings. The van der Waals surface area contributed by atoms with Crippen LogP contribution in [0.5, 0.6) is 0 Å². The largest absolute Gasteiger partial charge is 0.477 e. The summed E-state index contributed by atoms with van der Waals surface area (Å²) in [4.78, 5) is 22.3. The molecule has 94 valence electrons. The van der Waals surface area contributed by atoms with Crippen molar-refractivity contribution in [1.82, 2.24) is 4.74 Å². The van der Waals surface area contributed by atoms with Crippen molar-refractivity contribution in [2.24, 2.45) is 0 Å². The lowest BCUT2D eigenvalue weighted by atomic mass is 10.1. The van der Waals surface area contributed by atoms with Gasteiger partial charge >= 0.3 is 11.6 Å².